The molecule has 3 aliphatic heterocycles. The van der Waals surface area contributed by atoms with Crippen molar-refractivity contribution in [3.8, 4) is 0 Å². The zero-order valence-corrected chi connectivity index (χ0v) is 15.1. The highest BCUT2D eigenvalue weighted by molar-refractivity contribution is 5.83. The molecule has 5 aliphatic rings. The van der Waals surface area contributed by atoms with Crippen molar-refractivity contribution in [1.82, 2.24) is 0 Å². The van der Waals surface area contributed by atoms with Crippen LogP contribution >= 0.6 is 0 Å². The third-order valence-corrected chi connectivity index (χ3v) is 7.93. The standard InChI is InChI=1S/C20H24O6/c1-18-9-14(11-5-8-24-10-11)25-16(21)12(18)3-6-19(2)15(18)13-4-7-20(19,23)17(22)26-13/h5,8,10,12-15,23H,3-4,6-7,9H2,1-2H3/t12-,13+,14-,15?,18?,19?,20-/m0/s1. The summed E-state index contributed by atoms with van der Waals surface area (Å²) in [6, 6.07) is 1.82. The predicted molar refractivity (Wildman–Crippen MR) is 88.6 cm³/mol. The molecule has 0 aromatic carbocycles. The molecule has 6 nitrogen and oxygen atoms in total. The number of hydrogen-bond donors (Lipinski definition) is 1. The summed E-state index contributed by atoms with van der Waals surface area (Å²) in [7, 11) is 0. The summed E-state index contributed by atoms with van der Waals surface area (Å²) in [5, 5.41) is 11.3. The summed E-state index contributed by atoms with van der Waals surface area (Å²) in [5.41, 5.74) is -1.58. The van der Waals surface area contributed by atoms with E-state index in [2.05, 4.69) is 6.92 Å². The largest absolute Gasteiger partial charge is 0.472 e. The number of esters is 2. The molecule has 2 bridgehead atoms. The number of fused-ring (bicyclic) bond motifs is 3. The highest BCUT2D eigenvalue weighted by Crippen LogP contribution is 2.69. The highest BCUT2D eigenvalue weighted by Gasteiger charge is 2.74. The Morgan fingerprint density at radius 2 is 1.96 bits per heavy atom. The molecule has 26 heavy (non-hydrogen) atoms. The van der Waals surface area contributed by atoms with Gasteiger partial charge in [0, 0.05) is 16.9 Å². The van der Waals surface area contributed by atoms with E-state index in [4.69, 9.17) is 13.9 Å². The van der Waals surface area contributed by atoms with Crippen molar-refractivity contribution in [2.75, 3.05) is 0 Å². The molecule has 0 amide bonds. The highest BCUT2D eigenvalue weighted by atomic mass is 16.6. The van der Waals surface area contributed by atoms with Crippen LogP contribution < -0.4 is 0 Å². The van der Waals surface area contributed by atoms with E-state index in [0.29, 0.717) is 32.1 Å². The Morgan fingerprint density at radius 1 is 1.15 bits per heavy atom. The number of rotatable bonds is 1. The van der Waals surface area contributed by atoms with Crippen LogP contribution in [-0.4, -0.2) is 28.8 Å². The van der Waals surface area contributed by atoms with E-state index in [9.17, 15) is 14.7 Å². The van der Waals surface area contributed by atoms with Crippen LogP contribution in [0, 0.1) is 22.7 Å². The van der Waals surface area contributed by atoms with Crippen LogP contribution in [0.2, 0.25) is 0 Å². The number of furan rings is 1. The first-order valence-electron chi connectivity index (χ1n) is 9.46. The van der Waals surface area contributed by atoms with Gasteiger partial charge in [0.15, 0.2) is 5.60 Å². The van der Waals surface area contributed by atoms with Gasteiger partial charge >= 0.3 is 11.9 Å². The Hall–Kier alpha value is -1.82. The fraction of sp³-hybridized carbons (Fsp3) is 0.700. The summed E-state index contributed by atoms with van der Waals surface area (Å²) in [6.45, 7) is 4.13. The number of carbonyl (C=O) groups excluding carboxylic acids is 2. The topological polar surface area (TPSA) is 86.0 Å². The second-order valence-electron chi connectivity index (χ2n) is 9.02. The van der Waals surface area contributed by atoms with Gasteiger partial charge in [-0.1, -0.05) is 13.8 Å². The van der Waals surface area contributed by atoms with E-state index < -0.39 is 22.4 Å². The molecule has 2 aliphatic carbocycles. The maximum absolute atomic E-state index is 12.8. The summed E-state index contributed by atoms with van der Waals surface area (Å²) in [4.78, 5) is 25.3. The molecule has 5 fully saturated rings. The lowest BCUT2D eigenvalue weighted by Gasteiger charge is -2.67. The molecule has 6 heteroatoms. The molecule has 3 unspecified atom stereocenters. The molecule has 4 heterocycles. The first kappa shape index (κ1) is 16.4. The van der Waals surface area contributed by atoms with Gasteiger partial charge < -0.3 is 19.0 Å². The van der Waals surface area contributed by atoms with Gasteiger partial charge in [-0.05, 0) is 43.6 Å². The minimum atomic E-state index is -1.45. The third-order valence-electron chi connectivity index (χ3n) is 7.93. The molecular weight excluding hydrogens is 336 g/mol. The molecule has 7 atom stereocenters. The Bertz CT molecular complexity index is 771. The molecule has 0 spiro atoms. The van der Waals surface area contributed by atoms with Gasteiger partial charge in [-0.15, -0.1) is 0 Å². The quantitative estimate of drug-likeness (QED) is 0.775. The van der Waals surface area contributed by atoms with Crippen LogP contribution in [0.5, 0.6) is 0 Å². The second kappa shape index (κ2) is 4.91. The van der Waals surface area contributed by atoms with Gasteiger partial charge in [-0.3, -0.25) is 4.79 Å². The van der Waals surface area contributed by atoms with Gasteiger partial charge in [-0.25, -0.2) is 4.79 Å². The second-order valence-corrected chi connectivity index (χ2v) is 9.02. The Balaban J connectivity index is 1.60. The van der Waals surface area contributed by atoms with Gasteiger partial charge in [0.25, 0.3) is 0 Å². The summed E-state index contributed by atoms with van der Waals surface area (Å²) in [5.74, 6) is -0.969. The van der Waals surface area contributed by atoms with E-state index in [1.165, 1.54) is 0 Å². The van der Waals surface area contributed by atoms with Crippen LogP contribution in [0.25, 0.3) is 0 Å². The smallest absolute Gasteiger partial charge is 0.338 e. The SMILES string of the molecule is CC12C[C@@H](c3ccoc3)OC(=O)[C@@H]1CCC1(C)C2[C@H]2CC[C@]1(O)C(=O)O2. The number of hydrogen-bond acceptors (Lipinski definition) is 6. The number of carbonyl (C=O) groups is 2. The maximum atomic E-state index is 12.8. The van der Waals surface area contributed by atoms with Gasteiger partial charge in [-0.2, -0.15) is 0 Å². The van der Waals surface area contributed by atoms with Crippen LogP contribution in [0.1, 0.15) is 57.6 Å². The molecule has 1 aromatic heterocycles. The van der Waals surface area contributed by atoms with Crippen molar-refractivity contribution in [2.24, 2.45) is 22.7 Å². The van der Waals surface area contributed by atoms with E-state index in [1.54, 1.807) is 12.5 Å². The van der Waals surface area contributed by atoms with Crippen LogP contribution in [0.3, 0.4) is 0 Å². The van der Waals surface area contributed by atoms with Gasteiger partial charge in [0.1, 0.15) is 12.2 Å². The van der Waals surface area contributed by atoms with E-state index >= 15 is 0 Å². The molecule has 0 radical (unpaired) electrons. The molecule has 1 N–H and O–H groups in total. The van der Waals surface area contributed by atoms with Crippen molar-refractivity contribution >= 4 is 11.9 Å². The monoisotopic (exact) mass is 360 g/mol. The van der Waals surface area contributed by atoms with Crippen molar-refractivity contribution < 1.29 is 28.6 Å². The Morgan fingerprint density at radius 3 is 2.65 bits per heavy atom. The molecule has 140 valence electrons. The Labute approximate surface area is 151 Å². The van der Waals surface area contributed by atoms with Crippen molar-refractivity contribution in [3.05, 3.63) is 24.2 Å². The number of cyclic esters (lactones) is 1. The number of aliphatic hydroxyl groups is 1. The zero-order chi connectivity index (χ0) is 18.3. The van der Waals surface area contributed by atoms with E-state index in [-0.39, 0.29) is 30.0 Å². The summed E-state index contributed by atoms with van der Waals surface area (Å²) >= 11 is 0. The minimum Gasteiger partial charge on any atom is -0.472 e. The van der Waals surface area contributed by atoms with Crippen LogP contribution in [0.15, 0.2) is 23.0 Å². The van der Waals surface area contributed by atoms with Gasteiger partial charge in [0.05, 0.1) is 18.4 Å². The first-order chi connectivity index (χ1) is 12.3. The lowest BCUT2D eigenvalue weighted by Crippen LogP contribution is -2.74. The molecular formula is C20H24O6. The fourth-order valence-electron chi connectivity index (χ4n) is 6.64. The van der Waals surface area contributed by atoms with Crippen LogP contribution in [0.4, 0.5) is 0 Å². The van der Waals surface area contributed by atoms with Crippen molar-refractivity contribution in [1.29, 1.82) is 0 Å². The molecule has 1 aromatic rings. The first-order valence-corrected chi connectivity index (χ1v) is 9.46. The normalized spacial score (nSPS) is 49.8. The molecule has 2 saturated carbocycles. The van der Waals surface area contributed by atoms with E-state index in [0.717, 1.165) is 5.56 Å². The van der Waals surface area contributed by atoms with Crippen molar-refractivity contribution in [3.63, 3.8) is 0 Å². The zero-order valence-electron chi connectivity index (χ0n) is 15.1. The van der Waals surface area contributed by atoms with Gasteiger partial charge in [0.2, 0.25) is 0 Å². The minimum absolute atomic E-state index is 0.0625. The predicted octanol–water partition coefficient (Wildman–Crippen LogP) is 2.76. The Kier molecular flexibility index (Phi) is 3.09. The lowest BCUT2D eigenvalue weighted by molar-refractivity contribution is -0.292. The summed E-state index contributed by atoms with van der Waals surface area (Å²) in [6.07, 6.45) is 5.58. The average Bonchev–Trinajstić information content (AvgIpc) is 3.10. The van der Waals surface area contributed by atoms with Crippen molar-refractivity contribution in [2.45, 2.75) is 63.8 Å². The van der Waals surface area contributed by atoms with Crippen LogP contribution in [-0.2, 0) is 19.1 Å². The third kappa shape index (κ3) is 1.76. The molecule has 3 saturated heterocycles. The van der Waals surface area contributed by atoms with E-state index in [1.807, 2.05) is 13.0 Å². The molecule has 6 rings (SSSR count). The number of ether oxygens (including phenoxy) is 2. The summed E-state index contributed by atoms with van der Waals surface area (Å²) < 4.78 is 16.6. The maximum Gasteiger partial charge on any atom is 0.338 e. The average molecular weight is 360 g/mol. The fourth-order valence-corrected chi connectivity index (χ4v) is 6.64. The lowest BCUT2D eigenvalue weighted by atomic mass is 9.41.